The van der Waals surface area contributed by atoms with Crippen molar-refractivity contribution < 1.29 is 54.0 Å². The minimum atomic E-state index is -1.84. The summed E-state index contributed by atoms with van der Waals surface area (Å²) in [5.41, 5.74) is 10.5. The molecule has 0 heterocycles. The topological polar surface area (TPSA) is 289 Å². The quantitative estimate of drug-likeness (QED) is 0.101. The number of nitrogens with one attached hydrogen (secondary N) is 3. The molecule has 11 N–H and O–H groups in total. The highest BCUT2D eigenvalue weighted by atomic mass is 16.4. The van der Waals surface area contributed by atoms with E-state index in [9.17, 15) is 38.7 Å². The van der Waals surface area contributed by atoms with Crippen LogP contribution in [0.2, 0.25) is 0 Å². The minimum Gasteiger partial charge on any atom is -0.481 e. The molecule has 0 aromatic heterocycles. The first-order valence-electron chi connectivity index (χ1n) is 9.50. The first-order chi connectivity index (χ1) is 15.3. The largest absolute Gasteiger partial charge is 0.481 e. The average molecular weight is 477 g/mol. The van der Waals surface area contributed by atoms with Gasteiger partial charge in [0.15, 0.2) is 0 Å². The summed E-state index contributed by atoms with van der Waals surface area (Å²) in [5, 5.41) is 41.9. The molecule has 0 spiro atoms. The van der Waals surface area contributed by atoms with Crippen molar-refractivity contribution in [1.82, 2.24) is 16.0 Å². The van der Waals surface area contributed by atoms with Crippen molar-refractivity contribution in [3.05, 3.63) is 0 Å². The van der Waals surface area contributed by atoms with Crippen LogP contribution in [0, 0.1) is 0 Å². The van der Waals surface area contributed by atoms with Crippen LogP contribution < -0.4 is 27.4 Å². The Morgan fingerprint density at radius 1 is 0.697 bits per heavy atom. The fourth-order valence-electron chi connectivity index (χ4n) is 2.36. The van der Waals surface area contributed by atoms with Crippen molar-refractivity contribution in [1.29, 1.82) is 0 Å². The zero-order valence-electron chi connectivity index (χ0n) is 17.4. The van der Waals surface area contributed by atoms with E-state index in [0.29, 0.717) is 0 Å². The summed E-state index contributed by atoms with van der Waals surface area (Å²) in [6.45, 7) is -0.954. The third kappa shape index (κ3) is 12.0. The van der Waals surface area contributed by atoms with Crippen LogP contribution in [0.15, 0.2) is 0 Å². The van der Waals surface area contributed by atoms with Crippen molar-refractivity contribution in [2.75, 3.05) is 6.61 Å². The van der Waals surface area contributed by atoms with Crippen LogP contribution in [-0.2, 0) is 33.6 Å². The minimum absolute atomic E-state index is 0.259. The number of primary amides is 1. The number of rotatable bonds is 16. The first kappa shape index (κ1) is 29.2. The van der Waals surface area contributed by atoms with E-state index in [-0.39, 0.29) is 6.42 Å². The lowest BCUT2D eigenvalue weighted by atomic mass is 10.1. The van der Waals surface area contributed by atoms with Crippen LogP contribution in [0.5, 0.6) is 0 Å². The van der Waals surface area contributed by atoms with Crippen molar-refractivity contribution >= 4 is 41.5 Å². The highest BCUT2D eigenvalue weighted by Crippen LogP contribution is 2.03. The Labute approximate surface area is 186 Å². The summed E-state index contributed by atoms with van der Waals surface area (Å²) in [6, 6.07) is -6.37. The molecule has 186 valence electrons. The van der Waals surface area contributed by atoms with Gasteiger partial charge in [0.25, 0.3) is 0 Å². The predicted octanol–water partition coefficient (Wildman–Crippen LogP) is -4.55. The van der Waals surface area contributed by atoms with Gasteiger partial charge < -0.3 is 47.8 Å². The van der Waals surface area contributed by atoms with Crippen molar-refractivity contribution in [2.24, 2.45) is 11.5 Å². The Morgan fingerprint density at radius 2 is 1.21 bits per heavy atom. The van der Waals surface area contributed by atoms with Gasteiger partial charge in [0.05, 0.1) is 19.1 Å². The molecule has 33 heavy (non-hydrogen) atoms. The molecule has 0 aliphatic heterocycles. The summed E-state index contributed by atoms with van der Waals surface area (Å²) < 4.78 is 0. The number of carbonyl (C=O) groups excluding carboxylic acids is 4. The van der Waals surface area contributed by atoms with Crippen molar-refractivity contribution in [3.63, 3.8) is 0 Å². The Balaban J connectivity index is 5.32. The number of carboxylic acids is 3. The molecule has 4 amide bonds. The van der Waals surface area contributed by atoms with Crippen molar-refractivity contribution in [2.45, 2.75) is 56.3 Å². The summed E-state index contributed by atoms with van der Waals surface area (Å²) in [5.74, 6) is -8.50. The van der Waals surface area contributed by atoms with Gasteiger partial charge >= 0.3 is 17.9 Å². The Hall–Kier alpha value is -3.79. The summed E-state index contributed by atoms with van der Waals surface area (Å²) in [6.07, 6.45) is -2.49. The molecule has 0 saturated heterocycles. The summed E-state index contributed by atoms with van der Waals surface area (Å²) >= 11 is 0. The van der Waals surface area contributed by atoms with Gasteiger partial charge in [0, 0.05) is 12.8 Å². The maximum atomic E-state index is 12.4. The second-order valence-electron chi connectivity index (χ2n) is 6.85. The summed E-state index contributed by atoms with van der Waals surface area (Å²) in [4.78, 5) is 80.4. The van der Waals surface area contributed by atoms with Crippen LogP contribution in [0.25, 0.3) is 0 Å². The van der Waals surface area contributed by atoms with E-state index in [2.05, 4.69) is 10.6 Å². The van der Waals surface area contributed by atoms with Gasteiger partial charge in [-0.25, -0.2) is 4.79 Å². The molecule has 0 saturated carbocycles. The molecule has 4 atom stereocenters. The van der Waals surface area contributed by atoms with Gasteiger partial charge in [-0.1, -0.05) is 0 Å². The van der Waals surface area contributed by atoms with E-state index in [4.69, 9.17) is 26.8 Å². The standard InChI is InChI=1S/C17H27N5O11/c18-7(1-4-12(25)26)14(29)22-10(6-23)16(31)20-8(2-3-11(19)24)15(30)21-9(17(32)33)5-13(27)28/h7-10,23H,1-6,18H2,(H2,19,24)(H,20,31)(H,21,30)(H,22,29)(H,25,26)(H,27,28)(H,32,33). The maximum Gasteiger partial charge on any atom is 0.326 e. The number of carbonyl (C=O) groups is 7. The van der Waals surface area contributed by atoms with Gasteiger partial charge in [0.2, 0.25) is 23.6 Å². The molecule has 0 rings (SSSR count). The second kappa shape index (κ2) is 14.3. The van der Waals surface area contributed by atoms with E-state index in [1.807, 2.05) is 5.32 Å². The smallest absolute Gasteiger partial charge is 0.326 e. The summed E-state index contributed by atoms with van der Waals surface area (Å²) in [7, 11) is 0. The third-order valence-corrected chi connectivity index (χ3v) is 4.13. The first-order valence-corrected chi connectivity index (χ1v) is 9.50. The number of aliphatic hydroxyl groups excluding tert-OH is 1. The highest BCUT2D eigenvalue weighted by molar-refractivity contribution is 5.95. The lowest BCUT2D eigenvalue weighted by Crippen LogP contribution is -2.58. The molecule has 0 fully saturated rings. The van der Waals surface area contributed by atoms with E-state index in [1.165, 1.54) is 0 Å². The number of hydrogen-bond acceptors (Lipinski definition) is 9. The zero-order chi connectivity index (χ0) is 25.7. The number of amides is 4. The van der Waals surface area contributed by atoms with Gasteiger partial charge in [-0.15, -0.1) is 0 Å². The zero-order valence-corrected chi connectivity index (χ0v) is 17.4. The van der Waals surface area contributed by atoms with Crippen LogP contribution in [0.3, 0.4) is 0 Å². The molecule has 0 aliphatic carbocycles. The number of aliphatic carboxylic acids is 3. The van der Waals surface area contributed by atoms with E-state index in [0.717, 1.165) is 0 Å². The predicted molar refractivity (Wildman–Crippen MR) is 106 cm³/mol. The number of aliphatic hydroxyl groups is 1. The van der Waals surface area contributed by atoms with Crippen LogP contribution in [-0.4, -0.2) is 92.7 Å². The van der Waals surface area contributed by atoms with E-state index in [1.54, 1.807) is 0 Å². The van der Waals surface area contributed by atoms with E-state index < -0.39 is 98.0 Å². The molecule has 0 aromatic carbocycles. The molecule has 16 heteroatoms. The van der Waals surface area contributed by atoms with Gasteiger partial charge in [-0.2, -0.15) is 0 Å². The Kier molecular flexibility index (Phi) is 12.7. The normalized spacial score (nSPS) is 14.1. The Morgan fingerprint density at radius 3 is 1.67 bits per heavy atom. The van der Waals surface area contributed by atoms with Crippen LogP contribution in [0.4, 0.5) is 0 Å². The van der Waals surface area contributed by atoms with Crippen LogP contribution >= 0.6 is 0 Å². The lowest BCUT2D eigenvalue weighted by Gasteiger charge is -2.24. The number of carboxylic acid groups (broad SMARTS) is 3. The van der Waals surface area contributed by atoms with Gasteiger partial charge in [-0.05, 0) is 12.8 Å². The monoisotopic (exact) mass is 477 g/mol. The number of nitrogens with two attached hydrogens (primary N) is 2. The third-order valence-electron chi connectivity index (χ3n) is 4.13. The number of hydrogen-bond donors (Lipinski definition) is 9. The van der Waals surface area contributed by atoms with Gasteiger partial charge in [-0.3, -0.25) is 28.8 Å². The Bertz CT molecular complexity index is 772. The SMILES string of the molecule is NC(=O)CCC(NC(=O)C(CO)NC(=O)C(N)CCC(=O)O)C(=O)NC(CC(=O)O)C(=O)O. The fraction of sp³-hybridized carbons (Fsp3) is 0.588. The molecule has 0 radical (unpaired) electrons. The van der Waals surface area contributed by atoms with E-state index >= 15 is 0 Å². The second-order valence-corrected chi connectivity index (χ2v) is 6.85. The average Bonchev–Trinajstić information content (AvgIpc) is 2.71. The fourth-order valence-corrected chi connectivity index (χ4v) is 2.36. The lowest BCUT2D eigenvalue weighted by molar-refractivity contribution is -0.147. The molecular weight excluding hydrogens is 450 g/mol. The molecule has 0 aromatic rings. The molecule has 16 nitrogen and oxygen atoms in total. The molecule has 4 unspecified atom stereocenters. The highest BCUT2D eigenvalue weighted by Gasteiger charge is 2.31. The molecular formula is C17H27N5O11. The molecule has 0 bridgehead atoms. The van der Waals surface area contributed by atoms with Crippen LogP contribution in [0.1, 0.15) is 32.1 Å². The van der Waals surface area contributed by atoms with Crippen molar-refractivity contribution in [3.8, 4) is 0 Å². The van der Waals surface area contributed by atoms with Gasteiger partial charge in [0.1, 0.15) is 18.1 Å². The maximum absolute atomic E-state index is 12.4. The molecule has 0 aliphatic rings.